The van der Waals surface area contributed by atoms with Gasteiger partial charge in [0.15, 0.2) is 17.3 Å². The highest BCUT2D eigenvalue weighted by atomic mass is 16.5. The van der Waals surface area contributed by atoms with Gasteiger partial charge in [-0.25, -0.2) is 4.57 Å². The molecule has 0 bridgehead atoms. The molecule has 2 aromatic carbocycles. The van der Waals surface area contributed by atoms with Crippen LogP contribution in [0, 0.1) is 0 Å². The Kier molecular flexibility index (Phi) is 6.03. The molecule has 1 aromatic heterocycles. The van der Waals surface area contributed by atoms with E-state index in [1.165, 1.54) is 7.11 Å². The van der Waals surface area contributed by atoms with E-state index in [1.54, 1.807) is 36.4 Å². The standard InChI is InChI=1S/C24H27N3O5/c1-14(2)18-12-15(8-10-19(18)28)22-25-26-24(30)27(22)23(29)16-9-11-20(21(13-16)31-3)32-17-6-4-5-7-17/h8-14,17,28H,4-7H2,1-3H3,(H,26,30). The van der Waals surface area contributed by atoms with E-state index < -0.39 is 11.9 Å². The second-order valence-corrected chi connectivity index (χ2v) is 8.28. The number of benzene rings is 2. The van der Waals surface area contributed by atoms with Gasteiger partial charge in [-0.15, -0.1) is 5.10 Å². The number of carbonyl (C=O) groups excluding carboxylic acids is 1. The Hall–Kier alpha value is -3.55. The molecule has 8 nitrogen and oxygen atoms in total. The SMILES string of the molecule is COc1cc(C(=O)n2c(O)nnc2-c2ccc(O)c(C(C)C)c2)ccc1OC1CCCC1. The van der Waals surface area contributed by atoms with Gasteiger partial charge >= 0.3 is 6.01 Å². The molecule has 0 aliphatic heterocycles. The number of nitrogens with zero attached hydrogens (tertiary/aromatic N) is 3. The maximum absolute atomic E-state index is 13.3. The average Bonchev–Trinajstić information content (AvgIpc) is 3.43. The predicted molar refractivity (Wildman–Crippen MR) is 118 cm³/mol. The maximum atomic E-state index is 13.3. The van der Waals surface area contributed by atoms with Crippen molar-refractivity contribution in [2.75, 3.05) is 7.11 Å². The van der Waals surface area contributed by atoms with Crippen LogP contribution in [-0.4, -0.2) is 44.1 Å². The monoisotopic (exact) mass is 437 g/mol. The third-order valence-corrected chi connectivity index (χ3v) is 5.76. The molecular weight excluding hydrogens is 410 g/mol. The van der Waals surface area contributed by atoms with Crippen molar-refractivity contribution in [1.29, 1.82) is 0 Å². The predicted octanol–water partition coefficient (Wildman–Crippen LogP) is 4.50. The molecule has 8 heteroatoms. The minimum Gasteiger partial charge on any atom is -0.508 e. The first kappa shape index (κ1) is 21.7. The summed E-state index contributed by atoms with van der Waals surface area (Å²) in [5.74, 6) is 0.931. The number of aromatic hydroxyl groups is 2. The number of rotatable bonds is 6. The molecule has 1 aliphatic rings. The van der Waals surface area contributed by atoms with Gasteiger partial charge in [0.1, 0.15) is 5.75 Å². The number of ether oxygens (including phenoxy) is 2. The highest BCUT2D eigenvalue weighted by Crippen LogP contribution is 2.34. The maximum Gasteiger partial charge on any atom is 0.322 e. The molecule has 2 N–H and O–H groups in total. The van der Waals surface area contributed by atoms with Crippen LogP contribution in [0.25, 0.3) is 11.4 Å². The second-order valence-electron chi connectivity index (χ2n) is 8.28. The van der Waals surface area contributed by atoms with Crippen LogP contribution < -0.4 is 9.47 Å². The molecule has 1 heterocycles. The number of phenols is 1. The molecule has 0 unspecified atom stereocenters. The third kappa shape index (κ3) is 4.12. The lowest BCUT2D eigenvalue weighted by Crippen LogP contribution is -2.15. The number of hydrogen-bond acceptors (Lipinski definition) is 7. The molecule has 4 rings (SSSR count). The smallest absolute Gasteiger partial charge is 0.322 e. The summed E-state index contributed by atoms with van der Waals surface area (Å²) in [5.41, 5.74) is 1.56. The lowest BCUT2D eigenvalue weighted by molar-refractivity contribution is 0.0951. The topological polar surface area (TPSA) is 107 Å². The van der Waals surface area contributed by atoms with E-state index in [0.717, 1.165) is 30.3 Å². The van der Waals surface area contributed by atoms with Crippen molar-refractivity contribution < 1.29 is 24.5 Å². The van der Waals surface area contributed by atoms with Gasteiger partial charge in [0, 0.05) is 11.1 Å². The van der Waals surface area contributed by atoms with Crippen molar-refractivity contribution in [3.8, 4) is 34.6 Å². The van der Waals surface area contributed by atoms with Crippen LogP contribution in [0.3, 0.4) is 0 Å². The summed E-state index contributed by atoms with van der Waals surface area (Å²) in [5, 5.41) is 28.1. The first-order valence-electron chi connectivity index (χ1n) is 10.8. The fraction of sp³-hybridized carbons (Fsp3) is 0.375. The minimum atomic E-state index is -0.519. The molecule has 32 heavy (non-hydrogen) atoms. The molecule has 1 aliphatic carbocycles. The number of carbonyl (C=O) groups is 1. The lowest BCUT2D eigenvalue weighted by Gasteiger charge is -2.16. The molecule has 1 fully saturated rings. The van der Waals surface area contributed by atoms with Gasteiger partial charge in [-0.3, -0.25) is 4.79 Å². The number of hydrogen-bond donors (Lipinski definition) is 2. The minimum absolute atomic E-state index is 0.0623. The Morgan fingerprint density at radius 2 is 1.81 bits per heavy atom. The molecule has 0 spiro atoms. The summed E-state index contributed by atoms with van der Waals surface area (Å²) >= 11 is 0. The summed E-state index contributed by atoms with van der Waals surface area (Å²) in [6, 6.07) is 9.34. The van der Waals surface area contributed by atoms with Crippen molar-refractivity contribution >= 4 is 5.91 Å². The summed E-state index contributed by atoms with van der Waals surface area (Å²) < 4.78 is 12.5. The van der Waals surface area contributed by atoms with Crippen LogP contribution >= 0.6 is 0 Å². The summed E-state index contributed by atoms with van der Waals surface area (Å²) in [6.07, 6.45) is 4.47. The summed E-state index contributed by atoms with van der Waals surface area (Å²) in [6.45, 7) is 3.90. The van der Waals surface area contributed by atoms with Crippen LogP contribution in [0.15, 0.2) is 36.4 Å². The van der Waals surface area contributed by atoms with Crippen LogP contribution in [0.5, 0.6) is 23.3 Å². The fourth-order valence-electron chi connectivity index (χ4n) is 4.02. The fourth-order valence-corrected chi connectivity index (χ4v) is 4.02. The second kappa shape index (κ2) is 8.90. The normalized spacial score (nSPS) is 14.1. The van der Waals surface area contributed by atoms with Crippen molar-refractivity contribution in [1.82, 2.24) is 14.8 Å². The molecule has 168 valence electrons. The zero-order chi connectivity index (χ0) is 22.8. The first-order chi connectivity index (χ1) is 15.4. The van der Waals surface area contributed by atoms with Crippen LogP contribution in [-0.2, 0) is 0 Å². The van der Waals surface area contributed by atoms with E-state index in [1.807, 2.05) is 13.8 Å². The van der Waals surface area contributed by atoms with Gasteiger partial charge in [0.05, 0.1) is 13.2 Å². The van der Waals surface area contributed by atoms with E-state index in [0.29, 0.717) is 28.2 Å². The van der Waals surface area contributed by atoms with Gasteiger partial charge in [0.25, 0.3) is 5.91 Å². The molecule has 0 saturated heterocycles. The van der Waals surface area contributed by atoms with E-state index in [-0.39, 0.29) is 23.6 Å². The van der Waals surface area contributed by atoms with Gasteiger partial charge < -0.3 is 19.7 Å². The Labute approximate surface area is 186 Å². The van der Waals surface area contributed by atoms with E-state index >= 15 is 0 Å². The first-order valence-corrected chi connectivity index (χ1v) is 10.8. The highest BCUT2D eigenvalue weighted by molar-refractivity contribution is 5.99. The van der Waals surface area contributed by atoms with Gasteiger partial charge in [0.2, 0.25) is 0 Å². The van der Waals surface area contributed by atoms with Gasteiger partial charge in [-0.1, -0.05) is 18.9 Å². The molecule has 1 saturated carbocycles. The van der Waals surface area contributed by atoms with Crippen molar-refractivity contribution in [2.45, 2.75) is 51.6 Å². The van der Waals surface area contributed by atoms with Crippen molar-refractivity contribution in [3.05, 3.63) is 47.5 Å². The molecule has 0 radical (unpaired) electrons. The van der Waals surface area contributed by atoms with E-state index in [9.17, 15) is 15.0 Å². The molecule has 0 atom stereocenters. The zero-order valence-corrected chi connectivity index (χ0v) is 18.4. The number of aromatic nitrogens is 3. The zero-order valence-electron chi connectivity index (χ0n) is 18.4. The Bertz CT molecular complexity index is 1130. The number of phenolic OH excluding ortho intramolecular Hbond substituents is 1. The largest absolute Gasteiger partial charge is 0.508 e. The van der Waals surface area contributed by atoms with Crippen LogP contribution in [0.1, 0.15) is 61.4 Å². The highest BCUT2D eigenvalue weighted by Gasteiger charge is 2.24. The molecular formula is C24H27N3O5. The number of methoxy groups -OCH3 is 1. The van der Waals surface area contributed by atoms with Crippen LogP contribution in [0.2, 0.25) is 0 Å². The lowest BCUT2D eigenvalue weighted by atomic mass is 9.99. The van der Waals surface area contributed by atoms with E-state index in [2.05, 4.69) is 10.2 Å². The third-order valence-electron chi connectivity index (χ3n) is 5.76. The van der Waals surface area contributed by atoms with Gasteiger partial charge in [-0.05, 0) is 73.6 Å². The van der Waals surface area contributed by atoms with Gasteiger partial charge in [-0.2, -0.15) is 0 Å². The average molecular weight is 437 g/mol. The quantitative estimate of drug-likeness (QED) is 0.585. The molecule has 0 amide bonds. The molecule has 3 aromatic rings. The Morgan fingerprint density at radius 1 is 1.06 bits per heavy atom. The van der Waals surface area contributed by atoms with Crippen molar-refractivity contribution in [2.24, 2.45) is 0 Å². The van der Waals surface area contributed by atoms with Crippen molar-refractivity contribution in [3.63, 3.8) is 0 Å². The summed E-state index contributed by atoms with van der Waals surface area (Å²) in [4.78, 5) is 13.3. The Morgan fingerprint density at radius 3 is 2.50 bits per heavy atom. The summed E-state index contributed by atoms with van der Waals surface area (Å²) in [7, 11) is 1.52. The van der Waals surface area contributed by atoms with E-state index in [4.69, 9.17) is 9.47 Å². The Balaban J connectivity index is 1.69. The van der Waals surface area contributed by atoms with Crippen LogP contribution in [0.4, 0.5) is 0 Å².